The second-order valence-corrected chi connectivity index (χ2v) is 5.79. The van der Waals surface area contributed by atoms with Crippen LogP contribution in [0.4, 0.5) is 11.4 Å². The Hall–Kier alpha value is -1.22. The van der Waals surface area contributed by atoms with E-state index in [0.29, 0.717) is 0 Å². The molecular weight excluding hydrogens is 234 g/mol. The molecule has 106 valence electrons. The highest BCUT2D eigenvalue weighted by atomic mass is 15.2. The van der Waals surface area contributed by atoms with Crippen LogP contribution in [0.5, 0.6) is 0 Å². The Balaban J connectivity index is 1.71. The van der Waals surface area contributed by atoms with Crippen molar-refractivity contribution in [3.05, 3.63) is 23.8 Å². The Labute approximate surface area is 117 Å². The first-order valence-corrected chi connectivity index (χ1v) is 7.50. The molecule has 0 bridgehead atoms. The SMILES string of the molecule is Cc1cc(N)cc(NCCCN2CCCCC2C)c1. The van der Waals surface area contributed by atoms with E-state index in [1.54, 1.807) is 0 Å². The number of rotatable bonds is 5. The van der Waals surface area contributed by atoms with Gasteiger partial charge in [-0.05, 0) is 63.4 Å². The lowest BCUT2D eigenvalue weighted by Gasteiger charge is -2.33. The van der Waals surface area contributed by atoms with E-state index in [9.17, 15) is 0 Å². The van der Waals surface area contributed by atoms with Crippen molar-refractivity contribution >= 4 is 11.4 Å². The molecule has 1 heterocycles. The van der Waals surface area contributed by atoms with Gasteiger partial charge in [0.1, 0.15) is 0 Å². The van der Waals surface area contributed by atoms with E-state index in [1.165, 1.54) is 44.3 Å². The highest BCUT2D eigenvalue weighted by Crippen LogP contribution is 2.17. The molecule has 0 aliphatic carbocycles. The zero-order valence-electron chi connectivity index (χ0n) is 12.3. The number of nitrogens with two attached hydrogens (primary N) is 1. The fourth-order valence-electron chi connectivity index (χ4n) is 2.92. The highest BCUT2D eigenvalue weighted by molar-refractivity contribution is 5.56. The first kappa shape index (κ1) is 14.2. The Kier molecular flexibility index (Phi) is 5.08. The summed E-state index contributed by atoms with van der Waals surface area (Å²) in [5.74, 6) is 0. The predicted molar refractivity (Wildman–Crippen MR) is 83.6 cm³/mol. The molecule has 0 radical (unpaired) electrons. The van der Waals surface area contributed by atoms with Crippen LogP contribution in [-0.4, -0.2) is 30.6 Å². The number of anilines is 2. The Morgan fingerprint density at radius 3 is 2.89 bits per heavy atom. The van der Waals surface area contributed by atoms with Gasteiger partial charge in [-0.25, -0.2) is 0 Å². The number of likely N-dealkylation sites (tertiary alicyclic amines) is 1. The van der Waals surface area contributed by atoms with Gasteiger partial charge in [-0.2, -0.15) is 0 Å². The summed E-state index contributed by atoms with van der Waals surface area (Å²) in [6.07, 6.45) is 5.32. The van der Waals surface area contributed by atoms with Crippen molar-refractivity contribution in [2.45, 2.75) is 45.6 Å². The summed E-state index contributed by atoms with van der Waals surface area (Å²) >= 11 is 0. The van der Waals surface area contributed by atoms with Crippen LogP contribution in [-0.2, 0) is 0 Å². The molecule has 2 rings (SSSR count). The molecule has 3 nitrogen and oxygen atoms in total. The molecule has 19 heavy (non-hydrogen) atoms. The van der Waals surface area contributed by atoms with Crippen LogP contribution >= 0.6 is 0 Å². The maximum absolute atomic E-state index is 5.85. The number of aryl methyl sites for hydroxylation is 1. The summed E-state index contributed by atoms with van der Waals surface area (Å²) < 4.78 is 0. The Bertz CT molecular complexity index is 383. The number of piperidine rings is 1. The number of hydrogen-bond acceptors (Lipinski definition) is 3. The monoisotopic (exact) mass is 261 g/mol. The van der Waals surface area contributed by atoms with E-state index in [2.05, 4.69) is 30.1 Å². The summed E-state index contributed by atoms with van der Waals surface area (Å²) in [6.45, 7) is 7.94. The van der Waals surface area contributed by atoms with E-state index in [0.717, 1.165) is 24.0 Å². The minimum atomic E-state index is 0.767. The molecule has 1 aromatic carbocycles. The van der Waals surface area contributed by atoms with Gasteiger partial charge < -0.3 is 16.0 Å². The molecule has 1 aromatic rings. The third-order valence-electron chi connectivity index (χ3n) is 3.99. The third-order valence-corrected chi connectivity index (χ3v) is 3.99. The fraction of sp³-hybridized carbons (Fsp3) is 0.625. The number of nitrogen functional groups attached to an aromatic ring is 1. The van der Waals surface area contributed by atoms with Crippen molar-refractivity contribution in [3.8, 4) is 0 Å². The molecule has 1 fully saturated rings. The maximum atomic E-state index is 5.85. The van der Waals surface area contributed by atoms with Crippen LogP contribution in [0.3, 0.4) is 0 Å². The molecule has 0 amide bonds. The average Bonchev–Trinajstić information content (AvgIpc) is 2.35. The lowest BCUT2D eigenvalue weighted by atomic mass is 10.0. The fourth-order valence-corrected chi connectivity index (χ4v) is 2.92. The van der Waals surface area contributed by atoms with E-state index in [4.69, 9.17) is 5.73 Å². The molecule has 1 atom stereocenters. The largest absolute Gasteiger partial charge is 0.399 e. The standard InChI is InChI=1S/C16H27N3/c1-13-10-15(17)12-16(11-13)18-7-5-9-19-8-4-3-6-14(19)2/h10-12,14,18H,3-9,17H2,1-2H3. The topological polar surface area (TPSA) is 41.3 Å². The molecule has 1 aliphatic rings. The van der Waals surface area contributed by atoms with Crippen molar-refractivity contribution in [1.82, 2.24) is 4.90 Å². The molecule has 1 saturated heterocycles. The van der Waals surface area contributed by atoms with Gasteiger partial charge in [0.25, 0.3) is 0 Å². The Morgan fingerprint density at radius 2 is 2.16 bits per heavy atom. The van der Waals surface area contributed by atoms with Crippen molar-refractivity contribution in [2.75, 3.05) is 30.7 Å². The molecular formula is C16H27N3. The molecule has 3 N–H and O–H groups in total. The molecule has 1 unspecified atom stereocenters. The van der Waals surface area contributed by atoms with Crippen molar-refractivity contribution in [2.24, 2.45) is 0 Å². The van der Waals surface area contributed by atoms with Crippen LogP contribution in [0.2, 0.25) is 0 Å². The van der Waals surface area contributed by atoms with Crippen molar-refractivity contribution in [3.63, 3.8) is 0 Å². The van der Waals surface area contributed by atoms with Crippen LogP contribution < -0.4 is 11.1 Å². The van der Waals surface area contributed by atoms with Gasteiger partial charge in [-0.15, -0.1) is 0 Å². The van der Waals surface area contributed by atoms with Crippen LogP contribution in [0.1, 0.15) is 38.2 Å². The number of hydrogen-bond donors (Lipinski definition) is 2. The lowest BCUT2D eigenvalue weighted by Crippen LogP contribution is -2.38. The first-order chi connectivity index (χ1) is 9.15. The predicted octanol–water partition coefficient (Wildman–Crippen LogP) is 3.25. The number of benzene rings is 1. The second kappa shape index (κ2) is 6.80. The van der Waals surface area contributed by atoms with Crippen LogP contribution in [0.25, 0.3) is 0 Å². The van der Waals surface area contributed by atoms with Crippen LogP contribution in [0.15, 0.2) is 18.2 Å². The minimum absolute atomic E-state index is 0.767. The van der Waals surface area contributed by atoms with E-state index in [1.807, 2.05) is 12.1 Å². The molecule has 1 aliphatic heterocycles. The summed E-state index contributed by atoms with van der Waals surface area (Å²) in [5, 5.41) is 3.47. The van der Waals surface area contributed by atoms with Gasteiger partial charge in [-0.1, -0.05) is 6.42 Å². The minimum Gasteiger partial charge on any atom is -0.399 e. The maximum Gasteiger partial charge on any atom is 0.0363 e. The normalized spacial score (nSPS) is 20.4. The Morgan fingerprint density at radius 1 is 1.32 bits per heavy atom. The number of nitrogens with one attached hydrogen (secondary N) is 1. The van der Waals surface area contributed by atoms with Gasteiger partial charge >= 0.3 is 0 Å². The average molecular weight is 261 g/mol. The third kappa shape index (κ3) is 4.43. The van der Waals surface area contributed by atoms with E-state index in [-0.39, 0.29) is 0 Å². The van der Waals surface area contributed by atoms with Gasteiger partial charge in [0.2, 0.25) is 0 Å². The summed E-state index contributed by atoms with van der Waals surface area (Å²) in [4.78, 5) is 2.62. The summed E-state index contributed by atoms with van der Waals surface area (Å²) in [7, 11) is 0. The van der Waals surface area contributed by atoms with E-state index >= 15 is 0 Å². The van der Waals surface area contributed by atoms with Crippen molar-refractivity contribution in [1.29, 1.82) is 0 Å². The van der Waals surface area contributed by atoms with Crippen LogP contribution in [0, 0.1) is 6.92 Å². The second-order valence-electron chi connectivity index (χ2n) is 5.79. The quantitative estimate of drug-likeness (QED) is 0.631. The zero-order valence-corrected chi connectivity index (χ0v) is 12.3. The number of nitrogens with zero attached hydrogens (tertiary/aromatic N) is 1. The van der Waals surface area contributed by atoms with E-state index < -0.39 is 0 Å². The molecule has 0 saturated carbocycles. The van der Waals surface area contributed by atoms with Crippen molar-refractivity contribution < 1.29 is 0 Å². The highest BCUT2D eigenvalue weighted by Gasteiger charge is 2.16. The van der Waals surface area contributed by atoms with Gasteiger partial charge in [0.15, 0.2) is 0 Å². The summed E-state index contributed by atoms with van der Waals surface area (Å²) in [5.41, 5.74) is 9.05. The first-order valence-electron chi connectivity index (χ1n) is 7.50. The summed E-state index contributed by atoms with van der Waals surface area (Å²) in [6, 6.07) is 6.93. The lowest BCUT2D eigenvalue weighted by molar-refractivity contribution is 0.160. The van der Waals surface area contributed by atoms with Gasteiger partial charge in [0, 0.05) is 30.5 Å². The molecule has 3 heteroatoms. The van der Waals surface area contributed by atoms with Gasteiger partial charge in [-0.3, -0.25) is 0 Å². The molecule has 0 aromatic heterocycles. The smallest absolute Gasteiger partial charge is 0.0363 e. The van der Waals surface area contributed by atoms with Gasteiger partial charge in [0.05, 0.1) is 0 Å². The zero-order chi connectivity index (χ0) is 13.7. The molecule has 0 spiro atoms.